The van der Waals surface area contributed by atoms with Crippen molar-refractivity contribution in [1.82, 2.24) is 0 Å². The van der Waals surface area contributed by atoms with Gasteiger partial charge in [-0.2, -0.15) is 0 Å². The maximum atomic E-state index is 12.7. The number of hydrogen-bond donors (Lipinski definition) is 0. The Labute approximate surface area is 336 Å². The maximum absolute atomic E-state index is 12.7. The highest BCUT2D eigenvalue weighted by molar-refractivity contribution is 5.71. The fourth-order valence-electron chi connectivity index (χ4n) is 7.16. The van der Waals surface area contributed by atoms with E-state index < -0.39 is 6.10 Å². The summed E-state index contributed by atoms with van der Waals surface area (Å²) in [6.45, 7) is 8.98. The van der Waals surface area contributed by atoms with Crippen LogP contribution in [0.2, 0.25) is 0 Å². The second-order valence-electron chi connectivity index (χ2n) is 16.9. The van der Waals surface area contributed by atoms with Gasteiger partial charge in [0.1, 0.15) is 13.2 Å². The molecule has 0 aromatic heterocycles. The van der Waals surface area contributed by atoms with Crippen molar-refractivity contribution in [1.29, 1.82) is 0 Å². The van der Waals surface area contributed by atoms with Crippen LogP contribution in [0.3, 0.4) is 0 Å². The molecule has 6 heteroatoms. The summed E-state index contributed by atoms with van der Waals surface area (Å²) < 4.78 is 16.7. The van der Waals surface area contributed by atoms with Crippen LogP contribution in [-0.4, -0.2) is 37.2 Å². The highest BCUT2D eigenvalue weighted by Gasteiger charge is 2.19. The van der Waals surface area contributed by atoms with Gasteiger partial charge in [-0.05, 0) is 25.2 Å². The minimum absolute atomic E-state index is 0.0635. The Morgan fingerprint density at radius 1 is 0.352 bits per heavy atom. The van der Waals surface area contributed by atoms with Crippen LogP contribution in [0.1, 0.15) is 265 Å². The second kappa shape index (κ2) is 42.6. The average Bonchev–Trinajstić information content (AvgIpc) is 3.15. The van der Waals surface area contributed by atoms with Gasteiger partial charge in [0.25, 0.3) is 0 Å². The number of hydrogen-bond acceptors (Lipinski definition) is 6. The first kappa shape index (κ1) is 52.4. The minimum Gasteiger partial charge on any atom is -0.462 e. The molecule has 0 amide bonds. The zero-order valence-corrected chi connectivity index (χ0v) is 36.7. The molecular weight excluding hydrogens is 673 g/mol. The van der Waals surface area contributed by atoms with E-state index in [0.717, 1.165) is 63.7 Å². The third kappa shape index (κ3) is 41.6. The van der Waals surface area contributed by atoms with Gasteiger partial charge in [-0.3, -0.25) is 14.4 Å². The van der Waals surface area contributed by atoms with Gasteiger partial charge in [0, 0.05) is 19.3 Å². The van der Waals surface area contributed by atoms with Crippen LogP contribution in [0.4, 0.5) is 0 Å². The molecule has 54 heavy (non-hydrogen) atoms. The zero-order valence-electron chi connectivity index (χ0n) is 36.7. The number of rotatable bonds is 43. The molecule has 0 radical (unpaired) electrons. The summed E-state index contributed by atoms with van der Waals surface area (Å²) in [5.74, 6) is -0.0430. The van der Waals surface area contributed by atoms with Crippen molar-refractivity contribution in [2.45, 2.75) is 271 Å². The number of ether oxygens (including phenoxy) is 3. The Balaban J connectivity index is 4.32. The molecular formula is C48H92O6. The maximum Gasteiger partial charge on any atom is 0.306 e. The van der Waals surface area contributed by atoms with Gasteiger partial charge in [-0.1, -0.05) is 227 Å². The Bertz CT molecular complexity index is 811. The van der Waals surface area contributed by atoms with Crippen molar-refractivity contribution in [2.24, 2.45) is 5.92 Å². The molecule has 0 saturated carbocycles. The largest absolute Gasteiger partial charge is 0.462 e. The lowest BCUT2D eigenvalue weighted by atomic mass is 10.0. The van der Waals surface area contributed by atoms with E-state index in [2.05, 4.69) is 27.7 Å². The number of unbranched alkanes of at least 4 members (excludes halogenated alkanes) is 30. The first-order chi connectivity index (χ1) is 26.4. The number of carbonyl (C=O) groups is 3. The smallest absolute Gasteiger partial charge is 0.306 e. The SMILES string of the molecule is CCCCCCCCCCCCCCCC(=O)OC[C@@H](COC(=O)CCCCCCCCCCCC(C)C)OC(=O)CCCCCCCCCCCCC. The molecule has 0 aliphatic rings. The first-order valence-electron chi connectivity index (χ1n) is 23.9. The molecule has 0 aromatic carbocycles. The molecule has 0 saturated heterocycles. The standard InChI is InChI=1S/C48H92O6/c1-5-7-9-11-13-15-17-18-20-23-27-31-35-39-46(49)52-42-45(54-48(51)41-37-33-29-24-19-16-14-12-10-8-6-2)43-53-47(50)40-36-32-28-25-21-22-26-30-34-38-44(3)4/h44-45H,5-43H2,1-4H3/t45-/m0/s1. The fraction of sp³-hybridized carbons (Fsp3) is 0.938. The van der Waals surface area contributed by atoms with E-state index in [4.69, 9.17) is 14.2 Å². The lowest BCUT2D eigenvalue weighted by Crippen LogP contribution is -2.30. The highest BCUT2D eigenvalue weighted by Crippen LogP contribution is 2.16. The monoisotopic (exact) mass is 765 g/mol. The van der Waals surface area contributed by atoms with Crippen LogP contribution in [-0.2, 0) is 28.6 Å². The molecule has 0 heterocycles. The van der Waals surface area contributed by atoms with Crippen molar-refractivity contribution < 1.29 is 28.6 Å². The zero-order chi connectivity index (χ0) is 39.6. The minimum atomic E-state index is -0.759. The highest BCUT2D eigenvalue weighted by atomic mass is 16.6. The van der Waals surface area contributed by atoms with Crippen molar-refractivity contribution in [3.8, 4) is 0 Å². The lowest BCUT2D eigenvalue weighted by molar-refractivity contribution is -0.167. The predicted octanol–water partition coefficient (Wildman–Crippen LogP) is 15.1. The van der Waals surface area contributed by atoms with E-state index in [9.17, 15) is 14.4 Å². The van der Waals surface area contributed by atoms with E-state index in [1.807, 2.05) is 0 Å². The van der Waals surface area contributed by atoms with Gasteiger partial charge in [-0.25, -0.2) is 0 Å². The van der Waals surface area contributed by atoms with Gasteiger partial charge in [0.2, 0.25) is 0 Å². The fourth-order valence-corrected chi connectivity index (χ4v) is 7.16. The van der Waals surface area contributed by atoms with Crippen LogP contribution in [0.25, 0.3) is 0 Å². The Morgan fingerprint density at radius 3 is 0.907 bits per heavy atom. The van der Waals surface area contributed by atoms with Gasteiger partial charge >= 0.3 is 17.9 Å². The summed E-state index contributed by atoms with van der Waals surface area (Å²) in [5, 5.41) is 0. The molecule has 0 fully saturated rings. The molecule has 0 spiro atoms. The summed E-state index contributed by atoms with van der Waals surface area (Å²) in [6.07, 6.45) is 42.2. The van der Waals surface area contributed by atoms with E-state index >= 15 is 0 Å². The molecule has 6 nitrogen and oxygen atoms in total. The Hall–Kier alpha value is -1.59. The van der Waals surface area contributed by atoms with Crippen molar-refractivity contribution in [2.75, 3.05) is 13.2 Å². The predicted molar refractivity (Wildman–Crippen MR) is 229 cm³/mol. The third-order valence-electron chi connectivity index (χ3n) is 10.8. The number of esters is 3. The molecule has 1 atom stereocenters. The lowest BCUT2D eigenvalue weighted by Gasteiger charge is -2.18. The van der Waals surface area contributed by atoms with Gasteiger partial charge < -0.3 is 14.2 Å². The summed E-state index contributed by atoms with van der Waals surface area (Å²) in [5.41, 5.74) is 0. The molecule has 0 aliphatic heterocycles. The van der Waals surface area contributed by atoms with E-state index in [0.29, 0.717) is 19.3 Å². The van der Waals surface area contributed by atoms with Crippen LogP contribution in [0, 0.1) is 5.92 Å². The van der Waals surface area contributed by atoms with Gasteiger partial charge in [-0.15, -0.1) is 0 Å². The second-order valence-corrected chi connectivity index (χ2v) is 16.9. The first-order valence-corrected chi connectivity index (χ1v) is 23.9. The summed E-state index contributed by atoms with van der Waals surface area (Å²) in [7, 11) is 0. The molecule has 0 N–H and O–H groups in total. The van der Waals surface area contributed by atoms with E-state index in [1.165, 1.54) is 161 Å². The van der Waals surface area contributed by atoms with E-state index in [1.54, 1.807) is 0 Å². The van der Waals surface area contributed by atoms with Crippen LogP contribution in [0.15, 0.2) is 0 Å². The summed E-state index contributed by atoms with van der Waals surface area (Å²) >= 11 is 0. The Kier molecular flexibility index (Phi) is 41.3. The van der Waals surface area contributed by atoms with Crippen LogP contribution < -0.4 is 0 Å². The quantitative estimate of drug-likeness (QED) is 0.0349. The molecule has 0 bridgehead atoms. The number of carbonyl (C=O) groups excluding carboxylic acids is 3. The van der Waals surface area contributed by atoms with Gasteiger partial charge in [0.15, 0.2) is 6.10 Å². The van der Waals surface area contributed by atoms with Gasteiger partial charge in [0.05, 0.1) is 0 Å². The molecule has 0 rings (SSSR count). The summed E-state index contributed by atoms with van der Waals surface area (Å²) in [6, 6.07) is 0. The summed E-state index contributed by atoms with van der Waals surface area (Å²) in [4.78, 5) is 37.8. The Morgan fingerprint density at radius 2 is 0.611 bits per heavy atom. The topological polar surface area (TPSA) is 78.9 Å². The van der Waals surface area contributed by atoms with Crippen molar-refractivity contribution >= 4 is 17.9 Å². The van der Waals surface area contributed by atoms with Crippen LogP contribution >= 0.6 is 0 Å². The van der Waals surface area contributed by atoms with Crippen molar-refractivity contribution in [3.05, 3.63) is 0 Å². The molecule has 0 unspecified atom stereocenters. The third-order valence-corrected chi connectivity index (χ3v) is 10.8. The average molecular weight is 765 g/mol. The molecule has 0 aliphatic carbocycles. The molecule has 0 aromatic rings. The van der Waals surface area contributed by atoms with E-state index in [-0.39, 0.29) is 31.1 Å². The molecule has 320 valence electrons. The van der Waals surface area contributed by atoms with Crippen molar-refractivity contribution in [3.63, 3.8) is 0 Å². The van der Waals surface area contributed by atoms with Crippen LogP contribution in [0.5, 0.6) is 0 Å². The normalized spacial score (nSPS) is 11.9.